The van der Waals surface area contributed by atoms with Crippen LogP contribution >= 0.6 is 19.6 Å². The van der Waals surface area contributed by atoms with Crippen molar-refractivity contribution in [3.05, 3.63) is 16.6 Å². The predicted octanol–water partition coefficient (Wildman–Crippen LogP) is 1.84. The maximum atomic E-state index is 10.4. The Morgan fingerprint density at radius 2 is 2.62 bits per heavy atom. The molecule has 1 N–H and O–H groups in total. The maximum Gasteiger partial charge on any atom is 0.697 e. The van der Waals surface area contributed by atoms with Gasteiger partial charge in [0.15, 0.2) is 5.01 Å². The summed E-state index contributed by atoms with van der Waals surface area (Å²) in [6.45, 7) is 2.17. The van der Waals surface area contributed by atoms with E-state index in [1.165, 1.54) is 11.3 Å². The zero-order valence-electron chi connectivity index (χ0n) is 6.91. The van der Waals surface area contributed by atoms with Gasteiger partial charge >= 0.3 is 8.25 Å². The molecule has 0 radical (unpaired) electrons. The Bertz CT molecular complexity index is 266. The zero-order chi connectivity index (χ0) is 9.68. The molecule has 0 spiro atoms. The third kappa shape index (κ3) is 3.46. The average molecular weight is 222 g/mol. The molecule has 0 bridgehead atoms. The van der Waals surface area contributed by atoms with Crippen LogP contribution in [0.4, 0.5) is 0 Å². The summed E-state index contributed by atoms with van der Waals surface area (Å²) in [6.07, 6.45) is 0.749. The number of hydrogen-bond acceptors (Lipinski definition) is 5. The predicted molar refractivity (Wildman–Crippen MR) is 47.4 cm³/mol. The van der Waals surface area contributed by atoms with Crippen molar-refractivity contribution in [2.75, 3.05) is 6.61 Å². The van der Waals surface area contributed by atoms with Crippen molar-refractivity contribution < 1.29 is 18.7 Å². The Hall–Kier alpha value is -0.390. The first-order chi connectivity index (χ1) is 6.24. The van der Waals surface area contributed by atoms with Gasteiger partial charge in [-0.05, 0) is 6.92 Å². The van der Waals surface area contributed by atoms with E-state index in [2.05, 4.69) is 9.51 Å². The van der Waals surface area contributed by atoms with Gasteiger partial charge < -0.3 is 4.74 Å². The number of aromatic nitrogens is 1. The minimum absolute atomic E-state index is 0.396. The molecular formula is C6H9NO4PS+. The van der Waals surface area contributed by atoms with Crippen LogP contribution in [0.2, 0.25) is 0 Å². The maximum absolute atomic E-state index is 10.4. The molecule has 1 rings (SSSR count). The second-order valence-corrected chi connectivity index (χ2v) is 3.61. The SMILES string of the molecule is CCOC(O[P+](=O)O)c1nccs1. The molecular weight excluding hydrogens is 213 g/mol. The van der Waals surface area contributed by atoms with E-state index in [1.807, 2.05) is 0 Å². The standard InChI is InChI=1S/C6H8NO4PS/c1-2-10-6(11-12(8)9)5-7-3-4-13-5/h3-4,6H,2H2,1H3/p+1. The Kier molecular flexibility index (Phi) is 4.41. The average Bonchev–Trinajstić information content (AvgIpc) is 2.54. The summed E-state index contributed by atoms with van der Waals surface area (Å²) < 4.78 is 20.1. The Morgan fingerprint density at radius 1 is 1.85 bits per heavy atom. The first-order valence-electron chi connectivity index (χ1n) is 3.58. The highest BCUT2D eigenvalue weighted by Gasteiger charge is 2.26. The molecule has 7 heteroatoms. The third-order valence-corrected chi connectivity index (χ3v) is 2.33. The molecule has 0 amide bonds. The molecule has 0 aliphatic carbocycles. The van der Waals surface area contributed by atoms with E-state index in [1.54, 1.807) is 18.5 Å². The lowest BCUT2D eigenvalue weighted by molar-refractivity contribution is -0.0793. The second kappa shape index (κ2) is 5.36. The minimum atomic E-state index is -2.66. The molecule has 0 saturated heterocycles. The van der Waals surface area contributed by atoms with E-state index in [0.29, 0.717) is 11.6 Å². The van der Waals surface area contributed by atoms with Crippen LogP contribution in [-0.2, 0) is 13.8 Å². The highest BCUT2D eigenvalue weighted by atomic mass is 32.1. The Balaban J connectivity index is 2.62. The van der Waals surface area contributed by atoms with Gasteiger partial charge in [0.25, 0.3) is 6.29 Å². The van der Waals surface area contributed by atoms with Gasteiger partial charge in [0.1, 0.15) is 0 Å². The molecule has 72 valence electrons. The summed E-state index contributed by atoms with van der Waals surface area (Å²) in [6, 6.07) is 0. The molecule has 0 aromatic carbocycles. The topological polar surface area (TPSA) is 68.7 Å². The van der Waals surface area contributed by atoms with E-state index < -0.39 is 14.5 Å². The van der Waals surface area contributed by atoms with Crippen LogP contribution in [0, 0.1) is 0 Å². The Labute approximate surface area is 80.3 Å². The number of thiazole rings is 1. The van der Waals surface area contributed by atoms with Crippen molar-refractivity contribution in [3.63, 3.8) is 0 Å². The van der Waals surface area contributed by atoms with E-state index in [9.17, 15) is 4.57 Å². The zero-order valence-corrected chi connectivity index (χ0v) is 8.62. The Morgan fingerprint density at radius 3 is 3.08 bits per heavy atom. The lowest BCUT2D eigenvalue weighted by Crippen LogP contribution is -2.04. The summed E-state index contributed by atoms with van der Waals surface area (Å²) in [5, 5.41) is 2.29. The van der Waals surface area contributed by atoms with Gasteiger partial charge in [-0.2, -0.15) is 0 Å². The van der Waals surface area contributed by atoms with Crippen LogP contribution in [0.5, 0.6) is 0 Å². The van der Waals surface area contributed by atoms with Crippen molar-refractivity contribution in [2.24, 2.45) is 0 Å². The monoisotopic (exact) mass is 222 g/mol. The van der Waals surface area contributed by atoms with E-state index in [-0.39, 0.29) is 0 Å². The van der Waals surface area contributed by atoms with Crippen molar-refractivity contribution in [1.82, 2.24) is 4.98 Å². The number of ether oxygens (including phenoxy) is 1. The van der Waals surface area contributed by atoms with E-state index in [4.69, 9.17) is 9.63 Å². The number of rotatable bonds is 5. The lowest BCUT2D eigenvalue weighted by atomic mass is 10.6. The fourth-order valence-corrected chi connectivity index (χ4v) is 1.74. The van der Waals surface area contributed by atoms with Crippen molar-refractivity contribution >= 4 is 19.6 Å². The van der Waals surface area contributed by atoms with Crippen molar-refractivity contribution in [3.8, 4) is 0 Å². The van der Waals surface area contributed by atoms with Crippen LogP contribution in [0.1, 0.15) is 18.2 Å². The van der Waals surface area contributed by atoms with Gasteiger partial charge in [-0.3, -0.25) is 0 Å². The summed E-state index contributed by atoms with van der Waals surface area (Å²) in [5.74, 6) is 0. The second-order valence-electron chi connectivity index (χ2n) is 2.00. The lowest BCUT2D eigenvalue weighted by Gasteiger charge is -2.05. The molecule has 2 atom stereocenters. The van der Waals surface area contributed by atoms with Gasteiger partial charge in [-0.15, -0.1) is 16.2 Å². The van der Waals surface area contributed by atoms with Gasteiger partial charge in [0.2, 0.25) is 0 Å². The summed E-state index contributed by atoms with van der Waals surface area (Å²) in [7, 11) is -2.66. The molecule has 2 unspecified atom stereocenters. The fraction of sp³-hybridized carbons (Fsp3) is 0.500. The highest BCUT2D eigenvalue weighted by molar-refractivity contribution is 7.32. The molecule has 0 fully saturated rings. The van der Waals surface area contributed by atoms with Crippen molar-refractivity contribution in [1.29, 1.82) is 0 Å². The summed E-state index contributed by atoms with van der Waals surface area (Å²) >= 11 is 1.31. The quantitative estimate of drug-likeness (QED) is 0.608. The molecule has 1 aromatic heterocycles. The van der Waals surface area contributed by atoms with E-state index >= 15 is 0 Å². The molecule has 0 saturated carbocycles. The summed E-state index contributed by atoms with van der Waals surface area (Å²) in [5.41, 5.74) is 0. The minimum Gasteiger partial charge on any atom is -0.343 e. The number of hydrogen-bond donors (Lipinski definition) is 1. The molecule has 13 heavy (non-hydrogen) atoms. The fourth-order valence-electron chi connectivity index (χ4n) is 0.731. The van der Waals surface area contributed by atoms with Crippen LogP contribution in [0.25, 0.3) is 0 Å². The van der Waals surface area contributed by atoms with Crippen LogP contribution in [0.15, 0.2) is 11.6 Å². The highest BCUT2D eigenvalue weighted by Crippen LogP contribution is 2.30. The molecule has 5 nitrogen and oxygen atoms in total. The van der Waals surface area contributed by atoms with Crippen LogP contribution in [-0.4, -0.2) is 16.5 Å². The smallest absolute Gasteiger partial charge is 0.343 e. The molecule has 1 aromatic rings. The van der Waals surface area contributed by atoms with Gasteiger partial charge in [0.05, 0.1) is 0 Å². The van der Waals surface area contributed by atoms with Crippen molar-refractivity contribution in [2.45, 2.75) is 13.2 Å². The van der Waals surface area contributed by atoms with Gasteiger partial charge in [-0.25, -0.2) is 4.98 Å². The third-order valence-electron chi connectivity index (χ3n) is 1.16. The molecule has 0 aliphatic rings. The molecule has 0 aliphatic heterocycles. The first-order valence-corrected chi connectivity index (χ1v) is 5.59. The first kappa shape index (κ1) is 10.7. The van der Waals surface area contributed by atoms with Crippen LogP contribution in [0.3, 0.4) is 0 Å². The normalized spacial score (nSPS) is 14.2. The van der Waals surface area contributed by atoms with Gasteiger partial charge in [-0.1, -0.05) is 4.52 Å². The summed E-state index contributed by atoms with van der Waals surface area (Å²) in [4.78, 5) is 12.4. The largest absolute Gasteiger partial charge is 0.697 e. The van der Waals surface area contributed by atoms with Crippen LogP contribution < -0.4 is 0 Å². The molecule has 1 heterocycles. The van der Waals surface area contributed by atoms with Gasteiger partial charge in [0, 0.05) is 22.7 Å². The van der Waals surface area contributed by atoms with E-state index in [0.717, 1.165) is 0 Å². The number of nitrogens with zero attached hydrogens (tertiary/aromatic N) is 1.